The number of amides is 1. The molecule has 7 heteroatoms. The number of hydrogen-bond acceptors (Lipinski definition) is 6. The monoisotopic (exact) mass is 300 g/mol. The summed E-state index contributed by atoms with van der Waals surface area (Å²) in [5.41, 5.74) is 5.80. The minimum atomic E-state index is -0.119. The van der Waals surface area contributed by atoms with Gasteiger partial charge in [-0.2, -0.15) is 11.8 Å². The Balaban J connectivity index is 1.88. The molecule has 1 aromatic rings. The summed E-state index contributed by atoms with van der Waals surface area (Å²) < 4.78 is 0. The van der Waals surface area contributed by atoms with E-state index in [0.717, 1.165) is 10.9 Å². The Morgan fingerprint density at radius 2 is 2.37 bits per heavy atom. The number of thiazole rings is 1. The molecule has 0 radical (unpaired) electrons. The lowest BCUT2D eigenvalue weighted by molar-refractivity contribution is 0.0954. The van der Waals surface area contributed by atoms with Gasteiger partial charge in [0.25, 0.3) is 5.91 Å². The quantitative estimate of drug-likeness (QED) is 0.718. The van der Waals surface area contributed by atoms with Gasteiger partial charge in [0.15, 0.2) is 5.13 Å². The predicted molar refractivity (Wildman–Crippen MR) is 83.1 cm³/mol. The summed E-state index contributed by atoms with van der Waals surface area (Å²) in [6.45, 7) is 2.79. The fourth-order valence-corrected chi connectivity index (χ4v) is 3.21. The van der Waals surface area contributed by atoms with Gasteiger partial charge in [0.1, 0.15) is 10.7 Å². The average molecular weight is 300 g/mol. The van der Waals surface area contributed by atoms with Crippen LogP contribution >= 0.6 is 23.1 Å². The number of carbonyl (C=O) groups excluding carboxylic acids is 1. The van der Waals surface area contributed by atoms with E-state index < -0.39 is 0 Å². The zero-order valence-electron chi connectivity index (χ0n) is 11.2. The minimum Gasteiger partial charge on any atom is -0.382 e. The number of thioether (sulfide) groups is 1. The van der Waals surface area contributed by atoms with Crippen molar-refractivity contribution in [3.05, 3.63) is 4.88 Å². The molecule has 1 amide bonds. The van der Waals surface area contributed by atoms with E-state index in [4.69, 9.17) is 5.73 Å². The summed E-state index contributed by atoms with van der Waals surface area (Å²) in [5, 5.41) is 6.93. The Kier molecular flexibility index (Phi) is 4.93. The number of hydrogen-bond donors (Lipinski definition) is 3. The van der Waals surface area contributed by atoms with Crippen molar-refractivity contribution in [2.24, 2.45) is 5.92 Å². The number of aromatic nitrogens is 1. The maximum absolute atomic E-state index is 12.0. The number of nitrogen functional groups attached to an aromatic ring is 1. The largest absolute Gasteiger partial charge is 0.382 e. The number of nitrogens with two attached hydrogens (primary N) is 1. The summed E-state index contributed by atoms with van der Waals surface area (Å²) >= 11 is 3.12. The highest BCUT2D eigenvalue weighted by Gasteiger charge is 2.24. The second kappa shape index (κ2) is 6.47. The first-order chi connectivity index (χ1) is 9.10. The molecule has 0 saturated heterocycles. The zero-order valence-corrected chi connectivity index (χ0v) is 12.9. The number of nitrogens with zero attached hydrogens (tertiary/aromatic N) is 1. The molecule has 0 bridgehead atoms. The third-order valence-electron chi connectivity index (χ3n) is 2.83. The molecule has 1 heterocycles. The van der Waals surface area contributed by atoms with Gasteiger partial charge in [-0.1, -0.05) is 18.3 Å². The molecule has 106 valence electrons. The van der Waals surface area contributed by atoms with Gasteiger partial charge in [-0.25, -0.2) is 4.98 Å². The van der Waals surface area contributed by atoms with Crippen molar-refractivity contribution in [2.45, 2.75) is 25.8 Å². The van der Waals surface area contributed by atoms with Gasteiger partial charge >= 0.3 is 0 Å². The smallest absolute Gasteiger partial charge is 0.265 e. The highest BCUT2D eigenvalue weighted by molar-refractivity contribution is 7.98. The van der Waals surface area contributed by atoms with E-state index in [0.29, 0.717) is 29.2 Å². The van der Waals surface area contributed by atoms with Crippen LogP contribution in [0.5, 0.6) is 0 Å². The SMILES string of the molecule is CSCC(C)CNC(=O)c1sc(NC2CC2)nc1N. The summed E-state index contributed by atoms with van der Waals surface area (Å²) in [4.78, 5) is 16.7. The summed E-state index contributed by atoms with van der Waals surface area (Å²) in [6, 6.07) is 0.517. The molecule has 1 aromatic heterocycles. The molecule has 1 aliphatic carbocycles. The summed E-state index contributed by atoms with van der Waals surface area (Å²) in [6.07, 6.45) is 4.41. The molecular formula is C12H20N4OS2. The van der Waals surface area contributed by atoms with E-state index in [9.17, 15) is 4.79 Å². The van der Waals surface area contributed by atoms with Crippen molar-refractivity contribution in [2.75, 3.05) is 29.6 Å². The fraction of sp³-hybridized carbons (Fsp3) is 0.667. The van der Waals surface area contributed by atoms with E-state index in [1.807, 2.05) is 0 Å². The first-order valence-corrected chi connectivity index (χ1v) is 8.61. The molecule has 0 aromatic carbocycles. The number of carbonyl (C=O) groups is 1. The number of nitrogens with one attached hydrogen (secondary N) is 2. The first-order valence-electron chi connectivity index (χ1n) is 6.40. The van der Waals surface area contributed by atoms with Crippen LogP contribution in [0.4, 0.5) is 10.9 Å². The van der Waals surface area contributed by atoms with Crippen LogP contribution in [-0.4, -0.2) is 35.5 Å². The highest BCUT2D eigenvalue weighted by atomic mass is 32.2. The number of anilines is 2. The molecule has 2 rings (SSSR count). The summed E-state index contributed by atoms with van der Waals surface area (Å²) in [7, 11) is 0. The molecule has 1 aliphatic rings. The average Bonchev–Trinajstić information content (AvgIpc) is 3.09. The Morgan fingerprint density at radius 1 is 1.63 bits per heavy atom. The normalized spacial score (nSPS) is 16.1. The zero-order chi connectivity index (χ0) is 13.8. The van der Waals surface area contributed by atoms with Crippen LogP contribution in [0.1, 0.15) is 29.4 Å². The molecule has 1 fully saturated rings. The van der Waals surface area contributed by atoms with E-state index in [2.05, 4.69) is 28.8 Å². The molecule has 4 N–H and O–H groups in total. The lowest BCUT2D eigenvalue weighted by Crippen LogP contribution is -2.29. The first kappa shape index (κ1) is 14.5. The Labute approximate surface area is 121 Å². The Morgan fingerprint density at radius 3 is 3.00 bits per heavy atom. The van der Waals surface area contributed by atoms with Crippen LogP contribution < -0.4 is 16.4 Å². The maximum Gasteiger partial charge on any atom is 0.265 e. The lowest BCUT2D eigenvalue weighted by Gasteiger charge is -2.10. The molecule has 0 spiro atoms. The molecule has 0 aliphatic heterocycles. The maximum atomic E-state index is 12.0. The number of rotatable bonds is 7. The summed E-state index contributed by atoms with van der Waals surface area (Å²) in [5.74, 6) is 1.69. The lowest BCUT2D eigenvalue weighted by atomic mass is 10.2. The molecule has 1 saturated carbocycles. The van der Waals surface area contributed by atoms with Gasteiger partial charge in [0.2, 0.25) is 0 Å². The Hall–Kier alpha value is -0.950. The van der Waals surface area contributed by atoms with Gasteiger partial charge < -0.3 is 16.4 Å². The standard InChI is InChI=1S/C12H20N4OS2/c1-7(6-18-2)5-14-11(17)9-10(13)16-12(19-9)15-8-3-4-8/h7-8H,3-6,13H2,1-2H3,(H,14,17)(H,15,16). The molecule has 5 nitrogen and oxygen atoms in total. The highest BCUT2D eigenvalue weighted by Crippen LogP contribution is 2.30. The van der Waals surface area contributed by atoms with Gasteiger partial charge in [0, 0.05) is 12.6 Å². The van der Waals surface area contributed by atoms with E-state index in [-0.39, 0.29) is 5.91 Å². The predicted octanol–water partition coefficient (Wildman–Crippen LogP) is 2.03. The van der Waals surface area contributed by atoms with Crippen molar-refractivity contribution in [1.29, 1.82) is 0 Å². The second-order valence-electron chi connectivity index (χ2n) is 4.92. The van der Waals surface area contributed by atoms with E-state index >= 15 is 0 Å². The van der Waals surface area contributed by atoms with Gasteiger partial charge in [-0.15, -0.1) is 0 Å². The minimum absolute atomic E-state index is 0.119. The van der Waals surface area contributed by atoms with Crippen molar-refractivity contribution in [1.82, 2.24) is 10.3 Å². The van der Waals surface area contributed by atoms with Gasteiger partial charge in [0.05, 0.1) is 0 Å². The van der Waals surface area contributed by atoms with Gasteiger partial charge in [-0.3, -0.25) is 4.79 Å². The van der Waals surface area contributed by atoms with Crippen LogP contribution in [-0.2, 0) is 0 Å². The van der Waals surface area contributed by atoms with Crippen molar-refractivity contribution < 1.29 is 4.79 Å². The van der Waals surface area contributed by atoms with Gasteiger partial charge in [-0.05, 0) is 30.8 Å². The van der Waals surface area contributed by atoms with Crippen LogP contribution in [0.3, 0.4) is 0 Å². The topological polar surface area (TPSA) is 80.0 Å². The fourth-order valence-electron chi connectivity index (χ4n) is 1.65. The third-order valence-corrected chi connectivity index (χ3v) is 4.73. The van der Waals surface area contributed by atoms with E-state index in [1.54, 1.807) is 11.8 Å². The third kappa shape index (κ3) is 4.28. The van der Waals surface area contributed by atoms with Crippen molar-refractivity contribution in [3.63, 3.8) is 0 Å². The second-order valence-corrected chi connectivity index (χ2v) is 6.83. The van der Waals surface area contributed by atoms with Crippen molar-refractivity contribution in [3.8, 4) is 0 Å². The van der Waals surface area contributed by atoms with E-state index in [1.165, 1.54) is 24.2 Å². The molecule has 19 heavy (non-hydrogen) atoms. The van der Waals surface area contributed by atoms with Crippen LogP contribution in [0, 0.1) is 5.92 Å². The van der Waals surface area contributed by atoms with Crippen LogP contribution in [0.25, 0.3) is 0 Å². The van der Waals surface area contributed by atoms with Crippen LogP contribution in [0.15, 0.2) is 0 Å². The Bertz CT molecular complexity index is 445. The molecule has 1 atom stereocenters. The van der Waals surface area contributed by atoms with Crippen LogP contribution in [0.2, 0.25) is 0 Å². The molecular weight excluding hydrogens is 280 g/mol. The van der Waals surface area contributed by atoms with Crippen molar-refractivity contribution >= 4 is 40.0 Å². The molecule has 1 unspecified atom stereocenters.